The Kier molecular flexibility index (Phi) is 6.41. The molecule has 0 spiro atoms. The number of halogens is 1. The molecule has 0 radical (unpaired) electrons. The van der Waals surface area contributed by atoms with Crippen molar-refractivity contribution >= 4 is 11.6 Å². The normalized spacial score (nSPS) is 19.9. The maximum atomic E-state index is 5.89. The molecule has 0 amide bonds. The Morgan fingerprint density at radius 3 is 2.44 bits per heavy atom. The third-order valence-corrected chi connectivity index (χ3v) is 4.27. The molecule has 0 saturated carbocycles. The Morgan fingerprint density at radius 2 is 1.80 bits per heavy atom. The van der Waals surface area contributed by atoms with E-state index in [1.807, 2.05) is 24.3 Å². The van der Waals surface area contributed by atoms with E-state index in [9.17, 15) is 0 Å². The zero-order chi connectivity index (χ0) is 17.5. The maximum Gasteiger partial charge on any atom is 0.222 e. The van der Waals surface area contributed by atoms with E-state index < -0.39 is 6.29 Å². The number of benzene rings is 1. The highest BCUT2D eigenvalue weighted by Gasteiger charge is 2.20. The van der Waals surface area contributed by atoms with E-state index in [4.69, 9.17) is 21.1 Å². The summed E-state index contributed by atoms with van der Waals surface area (Å²) in [5, 5.41) is 0.690. The Hall–Kier alpha value is -1.93. The first-order chi connectivity index (χ1) is 12.2. The highest BCUT2D eigenvalue weighted by molar-refractivity contribution is 6.30. The summed E-state index contributed by atoms with van der Waals surface area (Å²) in [6, 6.07) is 7.42. The molecule has 0 aliphatic carbocycles. The summed E-state index contributed by atoms with van der Waals surface area (Å²) in [6.45, 7) is 3.62. The summed E-state index contributed by atoms with van der Waals surface area (Å²) in [5.74, 6) is 7.13. The van der Waals surface area contributed by atoms with Gasteiger partial charge >= 0.3 is 0 Å². The fourth-order valence-corrected chi connectivity index (χ4v) is 2.69. The van der Waals surface area contributed by atoms with E-state index in [-0.39, 0.29) is 0 Å². The minimum absolute atomic E-state index is 0.464. The molecule has 1 fully saturated rings. The van der Waals surface area contributed by atoms with E-state index in [2.05, 4.69) is 28.7 Å². The van der Waals surface area contributed by atoms with E-state index in [0.29, 0.717) is 30.0 Å². The zero-order valence-corrected chi connectivity index (χ0v) is 15.0. The Bertz CT molecular complexity index is 727. The van der Waals surface area contributed by atoms with Crippen LogP contribution in [0, 0.1) is 17.8 Å². The lowest BCUT2D eigenvalue weighted by atomic mass is 10.0. The molecule has 1 aliphatic rings. The average Bonchev–Trinajstić information content (AvgIpc) is 2.67. The van der Waals surface area contributed by atoms with Gasteiger partial charge in [-0.05, 0) is 36.6 Å². The first-order valence-corrected chi connectivity index (χ1v) is 8.95. The van der Waals surface area contributed by atoms with E-state index in [0.717, 1.165) is 17.5 Å². The lowest BCUT2D eigenvalue weighted by Gasteiger charge is -2.26. The van der Waals surface area contributed by atoms with Gasteiger partial charge in [-0.25, -0.2) is 9.97 Å². The third-order valence-electron chi connectivity index (χ3n) is 4.02. The molecule has 5 heteroatoms. The zero-order valence-electron chi connectivity index (χ0n) is 14.2. The van der Waals surface area contributed by atoms with Crippen LogP contribution in [0.25, 0.3) is 11.4 Å². The lowest BCUT2D eigenvalue weighted by Crippen LogP contribution is -2.31. The molecule has 4 nitrogen and oxygen atoms in total. The van der Waals surface area contributed by atoms with Crippen LogP contribution in [-0.2, 0) is 9.47 Å². The van der Waals surface area contributed by atoms with Crippen LogP contribution in [0.4, 0.5) is 0 Å². The molecule has 0 atom stereocenters. The summed E-state index contributed by atoms with van der Waals surface area (Å²) in [7, 11) is 0. The van der Waals surface area contributed by atoms with Crippen molar-refractivity contribution in [2.45, 2.75) is 32.5 Å². The molecular formula is C20H21ClN2O2. The van der Waals surface area contributed by atoms with Crippen molar-refractivity contribution in [3.8, 4) is 23.2 Å². The smallest absolute Gasteiger partial charge is 0.222 e. The van der Waals surface area contributed by atoms with Gasteiger partial charge in [0.2, 0.25) is 6.29 Å². The topological polar surface area (TPSA) is 44.2 Å². The fraction of sp³-hybridized carbons (Fsp3) is 0.400. The van der Waals surface area contributed by atoms with Gasteiger partial charge in [0.15, 0.2) is 5.82 Å². The van der Waals surface area contributed by atoms with Gasteiger partial charge in [0.1, 0.15) is 0 Å². The third kappa shape index (κ3) is 5.27. The molecule has 0 unspecified atom stereocenters. The summed E-state index contributed by atoms with van der Waals surface area (Å²) in [5.41, 5.74) is 1.65. The summed E-state index contributed by atoms with van der Waals surface area (Å²) >= 11 is 5.89. The van der Waals surface area contributed by atoms with Crippen molar-refractivity contribution in [3.05, 3.63) is 47.2 Å². The molecule has 130 valence electrons. The van der Waals surface area contributed by atoms with Crippen LogP contribution in [0.2, 0.25) is 5.02 Å². The lowest BCUT2D eigenvalue weighted by molar-refractivity contribution is -0.170. The minimum atomic E-state index is -0.464. The van der Waals surface area contributed by atoms with Crippen molar-refractivity contribution in [2.75, 3.05) is 13.2 Å². The molecular weight excluding hydrogens is 336 g/mol. The van der Waals surface area contributed by atoms with Crippen molar-refractivity contribution in [2.24, 2.45) is 5.92 Å². The van der Waals surface area contributed by atoms with Crippen molar-refractivity contribution in [1.29, 1.82) is 0 Å². The van der Waals surface area contributed by atoms with Gasteiger partial charge in [-0.2, -0.15) is 0 Å². The van der Waals surface area contributed by atoms with Crippen LogP contribution < -0.4 is 0 Å². The molecule has 1 saturated heterocycles. The predicted molar refractivity (Wildman–Crippen MR) is 98.1 cm³/mol. The second kappa shape index (κ2) is 8.96. The summed E-state index contributed by atoms with van der Waals surface area (Å²) < 4.78 is 11.3. The van der Waals surface area contributed by atoms with Gasteiger partial charge in [-0.3, -0.25) is 0 Å². The van der Waals surface area contributed by atoms with Crippen LogP contribution in [0.3, 0.4) is 0 Å². The molecule has 0 bridgehead atoms. The second-order valence-corrected chi connectivity index (χ2v) is 6.51. The van der Waals surface area contributed by atoms with Crippen LogP contribution in [0.15, 0.2) is 36.7 Å². The Morgan fingerprint density at radius 1 is 1.12 bits per heavy atom. The summed E-state index contributed by atoms with van der Waals surface area (Å²) in [6.07, 6.45) is 6.51. The quantitative estimate of drug-likeness (QED) is 0.765. The van der Waals surface area contributed by atoms with Gasteiger partial charge in [-0.1, -0.05) is 37.3 Å². The Balaban J connectivity index is 1.56. The highest BCUT2D eigenvalue weighted by atomic mass is 35.5. The molecule has 1 aromatic carbocycles. The number of nitrogens with zero attached hydrogens (tertiary/aromatic N) is 2. The molecule has 2 heterocycles. The number of hydrogen-bond acceptors (Lipinski definition) is 4. The number of ether oxygens (including phenoxy) is 2. The number of hydrogen-bond donors (Lipinski definition) is 0. The van der Waals surface area contributed by atoms with Crippen LogP contribution in [0.5, 0.6) is 0 Å². The first-order valence-electron chi connectivity index (χ1n) is 8.57. The molecule has 3 rings (SSSR count). The average molecular weight is 357 g/mol. The van der Waals surface area contributed by atoms with Crippen LogP contribution >= 0.6 is 11.6 Å². The van der Waals surface area contributed by atoms with E-state index in [1.165, 1.54) is 12.8 Å². The number of rotatable bonds is 4. The number of unbranched alkanes of at least 4 members (excludes halogenated alkanes) is 1. The molecule has 1 aromatic heterocycles. The summed E-state index contributed by atoms with van der Waals surface area (Å²) in [4.78, 5) is 8.70. The molecule has 1 aliphatic heterocycles. The molecule has 2 aromatic rings. The van der Waals surface area contributed by atoms with E-state index >= 15 is 0 Å². The van der Waals surface area contributed by atoms with Gasteiger partial charge in [0.25, 0.3) is 0 Å². The van der Waals surface area contributed by atoms with Gasteiger partial charge in [-0.15, -0.1) is 0 Å². The maximum absolute atomic E-state index is 5.89. The van der Waals surface area contributed by atoms with Crippen molar-refractivity contribution in [3.63, 3.8) is 0 Å². The highest BCUT2D eigenvalue weighted by Crippen LogP contribution is 2.18. The fourth-order valence-electron chi connectivity index (χ4n) is 2.57. The Labute approximate surface area is 153 Å². The standard InChI is InChI=1S/C20H21ClN2O2/c1-2-3-4-16-13-24-19(25-14-16)10-5-15-11-22-20(23-12-15)17-6-8-18(21)9-7-17/h6-9,11-12,16,19H,2-4,13-14H2,1H3. The first kappa shape index (κ1) is 17.9. The van der Waals surface area contributed by atoms with Crippen molar-refractivity contribution < 1.29 is 9.47 Å². The van der Waals surface area contributed by atoms with Crippen molar-refractivity contribution in [1.82, 2.24) is 9.97 Å². The van der Waals surface area contributed by atoms with Crippen LogP contribution in [-0.4, -0.2) is 29.5 Å². The van der Waals surface area contributed by atoms with Crippen LogP contribution in [0.1, 0.15) is 31.7 Å². The van der Waals surface area contributed by atoms with E-state index in [1.54, 1.807) is 12.4 Å². The second-order valence-electron chi connectivity index (χ2n) is 6.08. The van der Waals surface area contributed by atoms with Gasteiger partial charge < -0.3 is 9.47 Å². The largest absolute Gasteiger partial charge is 0.342 e. The van der Waals surface area contributed by atoms with Gasteiger partial charge in [0.05, 0.1) is 18.8 Å². The monoisotopic (exact) mass is 356 g/mol. The molecule has 0 N–H and O–H groups in total. The SMILES string of the molecule is CCCCC1COC(C#Cc2cnc(-c3ccc(Cl)cc3)nc2)OC1. The molecule has 25 heavy (non-hydrogen) atoms. The minimum Gasteiger partial charge on any atom is -0.342 e. The number of aromatic nitrogens is 2. The predicted octanol–water partition coefficient (Wildman–Crippen LogP) is 4.33. The van der Waals surface area contributed by atoms with Gasteiger partial charge in [0, 0.05) is 28.9 Å².